The van der Waals surface area contributed by atoms with E-state index in [0.717, 1.165) is 10.9 Å². The molecule has 0 fully saturated rings. The molecule has 6 nitrogen and oxygen atoms in total. The number of aryl methyl sites for hydroxylation is 1. The molecular formula is C22H19ClN4O2. The molecule has 7 heteroatoms. The molecule has 1 amide bonds. The van der Waals surface area contributed by atoms with Crippen molar-refractivity contribution in [2.24, 2.45) is 0 Å². The average molecular weight is 407 g/mol. The molecule has 0 aliphatic carbocycles. The molecule has 29 heavy (non-hydrogen) atoms. The Morgan fingerprint density at radius 3 is 2.90 bits per heavy atom. The molecule has 2 heterocycles. The Morgan fingerprint density at radius 1 is 1.17 bits per heavy atom. The van der Waals surface area contributed by atoms with E-state index >= 15 is 0 Å². The summed E-state index contributed by atoms with van der Waals surface area (Å²) in [6.07, 6.45) is 3.61. The van der Waals surface area contributed by atoms with Gasteiger partial charge in [-0.05, 0) is 49.4 Å². The van der Waals surface area contributed by atoms with Crippen molar-refractivity contribution in [3.63, 3.8) is 0 Å². The minimum atomic E-state index is -0.231. The molecule has 4 rings (SSSR count). The zero-order chi connectivity index (χ0) is 20.2. The van der Waals surface area contributed by atoms with Gasteiger partial charge < -0.3 is 10.1 Å². The van der Waals surface area contributed by atoms with Crippen LogP contribution in [0.4, 0.5) is 5.69 Å². The van der Waals surface area contributed by atoms with Crippen LogP contribution in [0.15, 0.2) is 67.0 Å². The number of carbonyl (C=O) groups excluding carboxylic acids is 1. The van der Waals surface area contributed by atoms with Crippen molar-refractivity contribution < 1.29 is 9.53 Å². The summed E-state index contributed by atoms with van der Waals surface area (Å²) in [7, 11) is 0. The van der Waals surface area contributed by atoms with Crippen molar-refractivity contribution in [1.29, 1.82) is 0 Å². The number of halogens is 1. The number of hydrogen-bond donors (Lipinski definition) is 1. The van der Waals surface area contributed by atoms with Gasteiger partial charge in [0, 0.05) is 34.6 Å². The van der Waals surface area contributed by atoms with Crippen LogP contribution < -0.4 is 10.1 Å². The van der Waals surface area contributed by atoms with E-state index in [9.17, 15) is 4.79 Å². The quantitative estimate of drug-likeness (QED) is 0.502. The van der Waals surface area contributed by atoms with E-state index in [2.05, 4.69) is 15.4 Å². The van der Waals surface area contributed by atoms with Crippen LogP contribution >= 0.6 is 11.6 Å². The van der Waals surface area contributed by atoms with Gasteiger partial charge in [-0.25, -0.2) is 0 Å². The van der Waals surface area contributed by atoms with Gasteiger partial charge in [-0.1, -0.05) is 17.7 Å². The zero-order valence-corrected chi connectivity index (χ0v) is 16.6. The Morgan fingerprint density at radius 2 is 2.07 bits per heavy atom. The first kappa shape index (κ1) is 19.0. The molecule has 4 aromatic rings. The zero-order valence-electron chi connectivity index (χ0n) is 15.8. The third-order valence-corrected chi connectivity index (χ3v) is 4.69. The van der Waals surface area contributed by atoms with Crippen molar-refractivity contribution in [3.05, 3.63) is 83.3 Å². The highest BCUT2D eigenvalue weighted by molar-refractivity contribution is 6.31. The fourth-order valence-electron chi connectivity index (χ4n) is 3.03. The van der Waals surface area contributed by atoms with E-state index in [1.165, 1.54) is 0 Å². The number of ether oxygens (including phenoxy) is 1. The molecule has 0 saturated carbocycles. The molecule has 2 aromatic heterocycles. The number of nitrogens with zero attached hydrogens (tertiary/aromatic N) is 3. The van der Waals surface area contributed by atoms with Crippen molar-refractivity contribution in [3.8, 4) is 5.75 Å². The van der Waals surface area contributed by atoms with Gasteiger partial charge in [-0.3, -0.25) is 14.5 Å². The second-order valence-electron chi connectivity index (χ2n) is 6.56. The Labute approximate surface area is 173 Å². The summed E-state index contributed by atoms with van der Waals surface area (Å²) in [6.45, 7) is 2.94. The lowest BCUT2D eigenvalue weighted by Gasteiger charge is -2.11. The van der Waals surface area contributed by atoms with Gasteiger partial charge in [0.25, 0.3) is 5.91 Å². The highest BCUT2D eigenvalue weighted by Crippen LogP contribution is 2.22. The Kier molecular flexibility index (Phi) is 5.44. The number of amides is 1. The SMILES string of the molecule is Cc1nc2ccc(Cl)cc2cc1C(=O)Nc1cccc(OCCn2cccn2)c1. The predicted octanol–water partition coefficient (Wildman–Crippen LogP) is 4.72. The molecule has 0 bridgehead atoms. The van der Waals surface area contributed by atoms with Gasteiger partial charge in [-0.15, -0.1) is 0 Å². The van der Waals surface area contributed by atoms with Crippen molar-refractivity contribution >= 4 is 34.1 Å². The van der Waals surface area contributed by atoms with E-state index < -0.39 is 0 Å². The van der Waals surface area contributed by atoms with Gasteiger partial charge in [0.1, 0.15) is 12.4 Å². The van der Waals surface area contributed by atoms with E-state index in [1.54, 1.807) is 29.1 Å². The number of benzene rings is 2. The number of pyridine rings is 1. The monoisotopic (exact) mass is 406 g/mol. The molecule has 146 valence electrons. The highest BCUT2D eigenvalue weighted by atomic mass is 35.5. The Balaban J connectivity index is 1.46. The lowest BCUT2D eigenvalue weighted by Crippen LogP contribution is -2.14. The van der Waals surface area contributed by atoms with Crippen LogP contribution in [0.3, 0.4) is 0 Å². The summed E-state index contributed by atoms with van der Waals surface area (Å²) < 4.78 is 7.56. The average Bonchev–Trinajstić information content (AvgIpc) is 3.21. The lowest BCUT2D eigenvalue weighted by molar-refractivity contribution is 0.102. The maximum absolute atomic E-state index is 12.8. The molecule has 0 saturated heterocycles. The van der Waals surface area contributed by atoms with E-state index in [-0.39, 0.29) is 5.91 Å². The van der Waals surface area contributed by atoms with Crippen LogP contribution in [0.2, 0.25) is 5.02 Å². The fourth-order valence-corrected chi connectivity index (χ4v) is 3.21. The molecule has 0 aliphatic heterocycles. The minimum Gasteiger partial charge on any atom is -0.492 e. The van der Waals surface area contributed by atoms with Crippen LogP contribution in [-0.2, 0) is 6.54 Å². The first-order chi connectivity index (χ1) is 14.1. The summed E-state index contributed by atoms with van der Waals surface area (Å²) in [4.78, 5) is 17.3. The van der Waals surface area contributed by atoms with Crippen LogP contribution in [0, 0.1) is 6.92 Å². The van der Waals surface area contributed by atoms with E-state index in [1.807, 2.05) is 49.5 Å². The van der Waals surface area contributed by atoms with Crippen LogP contribution in [0.25, 0.3) is 10.9 Å². The van der Waals surface area contributed by atoms with Gasteiger partial charge in [0.15, 0.2) is 0 Å². The number of nitrogens with one attached hydrogen (secondary N) is 1. The maximum Gasteiger partial charge on any atom is 0.257 e. The molecule has 0 atom stereocenters. The lowest BCUT2D eigenvalue weighted by atomic mass is 10.1. The van der Waals surface area contributed by atoms with E-state index in [4.69, 9.17) is 16.3 Å². The summed E-state index contributed by atoms with van der Waals surface area (Å²) in [5.41, 5.74) is 2.61. The maximum atomic E-state index is 12.8. The standard InChI is InChI=1S/C22H19ClN4O2/c1-15-20(13-16-12-17(23)6-7-21(16)25-15)22(28)26-18-4-2-5-19(14-18)29-11-10-27-9-3-8-24-27/h2-9,12-14H,10-11H2,1H3,(H,26,28). The molecule has 0 radical (unpaired) electrons. The molecule has 2 aromatic carbocycles. The van der Waals surface area contributed by atoms with Crippen molar-refractivity contribution in [1.82, 2.24) is 14.8 Å². The Bertz CT molecular complexity index is 1160. The molecule has 0 spiro atoms. The first-order valence-electron chi connectivity index (χ1n) is 9.17. The number of fused-ring (bicyclic) bond motifs is 1. The van der Waals surface area contributed by atoms with Crippen LogP contribution in [-0.4, -0.2) is 27.3 Å². The van der Waals surface area contributed by atoms with Gasteiger partial charge in [0.2, 0.25) is 0 Å². The predicted molar refractivity (Wildman–Crippen MR) is 114 cm³/mol. The molecular weight excluding hydrogens is 388 g/mol. The summed E-state index contributed by atoms with van der Waals surface area (Å²) in [5.74, 6) is 0.445. The molecule has 1 N–H and O–H groups in total. The fraction of sp³-hybridized carbons (Fsp3) is 0.136. The second kappa shape index (κ2) is 8.32. The molecule has 0 aliphatic rings. The number of hydrogen-bond acceptors (Lipinski definition) is 4. The van der Waals surface area contributed by atoms with Crippen molar-refractivity contribution in [2.75, 3.05) is 11.9 Å². The van der Waals surface area contributed by atoms with Crippen molar-refractivity contribution in [2.45, 2.75) is 13.5 Å². The smallest absolute Gasteiger partial charge is 0.257 e. The summed E-state index contributed by atoms with van der Waals surface area (Å²) in [6, 6.07) is 16.4. The summed E-state index contributed by atoms with van der Waals surface area (Å²) >= 11 is 6.06. The third kappa shape index (κ3) is 4.55. The molecule has 0 unspecified atom stereocenters. The highest BCUT2D eigenvalue weighted by Gasteiger charge is 2.13. The van der Waals surface area contributed by atoms with Gasteiger partial charge in [-0.2, -0.15) is 5.10 Å². The number of aromatic nitrogens is 3. The van der Waals surface area contributed by atoms with Gasteiger partial charge in [0.05, 0.1) is 23.3 Å². The van der Waals surface area contributed by atoms with Crippen LogP contribution in [0.5, 0.6) is 5.75 Å². The number of rotatable bonds is 6. The number of anilines is 1. The normalized spacial score (nSPS) is 10.8. The Hall–Kier alpha value is -3.38. The number of carbonyl (C=O) groups is 1. The second-order valence-corrected chi connectivity index (χ2v) is 6.99. The van der Waals surface area contributed by atoms with Crippen LogP contribution in [0.1, 0.15) is 16.1 Å². The van der Waals surface area contributed by atoms with E-state index in [0.29, 0.717) is 40.9 Å². The largest absolute Gasteiger partial charge is 0.492 e. The summed E-state index contributed by atoms with van der Waals surface area (Å²) in [5, 5.41) is 8.48. The minimum absolute atomic E-state index is 0.231. The van der Waals surface area contributed by atoms with Gasteiger partial charge >= 0.3 is 0 Å². The third-order valence-electron chi connectivity index (χ3n) is 4.45. The topological polar surface area (TPSA) is 69.0 Å². The first-order valence-corrected chi connectivity index (χ1v) is 9.55.